The predicted octanol–water partition coefficient (Wildman–Crippen LogP) is 2.55. The summed E-state index contributed by atoms with van der Waals surface area (Å²) in [7, 11) is 4.56. The Bertz CT molecular complexity index is 627. The zero-order valence-corrected chi connectivity index (χ0v) is 13.5. The SMILES string of the molecule is COC[C@H](O)[C@H](c1ccccc1)c1c(O)cc(OC)cc1OC. The highest BCUT2D eigenvalue weighted by molar-refractivity contribution is 5.55. The summed E-state index contributed by atoms with van der Waals surface area (Å²) < 4.78 is 15.7. The molecule has 124 valence electrons. The first-order valence-electron chi connectivity index (χ1n) is 7.29. The average molecular weight is 318 g/mol. The van der Waals surface area contributed by atoms with E-state index in [2.05, 4.69) is 0 Å². The molecule has 23 heavy (non-hydrogen) atoms. The summed E-state index contributed by atoms with van der Waals surface area (Å²) in [5.74, 6) is 0.448. The maximum atomic E-state index is 10.6. The van der Waals surface area contributed by atoms with Crippen LogP contribution in [0.3, 0.4) is 0 Å². The van der Waals surface area contributed by atoms with Crippen molar-refractivity contribution in [3.63, 3.8) is 0 Å². The number of hydrogen-bond acceptors (Lipinski definition) is 5. The van der Waals surface area contributed by atoms with E-state index in [0.29, 0.717) is 17.1 Å². The lowest BCUT2D eigenvalue weighted by atomic mass is 9.85. The third-order valence-electron chi connectivity index (χ3n) is 3.74. The zero-order chi connectivity index (χ0) is 16.8. The minimum atomic E-state index is -0.837. The van der Waals surface area contributed by atoms with Gasteiger partial charge in [0.2, 0.25) is 0 Å². The van der Waals surface area contributed by atoms with E-state index in [1.165, 1.54) is 27.4 Å². The second kappa shape index (κ2) is 7.85. The first kappa shape index (κ1) is 17.1. The number of methoxy groups -OCH3 is 3. The highest BCUT2D eigenvalue weighted by Crippen LogP contribution is 2.42. The molecule has 0 spiro atoms. The van der Waals surface area contributed by atoms with Gasteiger partial charge >= 0.3 is 0 Å². The van der Waals surface area contributed by atoms with Crippen LogP contribution >= 0.6 is 0 Å². The van der Waals surface area contributed by atoms with E-state index in [4.69, 9.17) is 14.2 Å². The molecule has 0 saturated heterocycles. The molecular formula is C18H22O5. The smallest absolute Gasteiger partial charge is 0.130 e. The van der Waals surface area contributed by atoms with Gasteiger partial charge in [0.05, 0.1) is 26.9 Å². The normalized spacial score (nSPS) is 13.4. The van der Waals surface area contributed by atoms with Crippen LogP contribution in [0.1, 0.15) is 17.0 Å². The van der Waals surface area contributed by atoms with Gasteiger partial charge < -0.3 is 24.4 Å². The molecule has 0 aliphatic rings. The van der Waals surface area contributed by atoms with Gasteiger partial charge in [-0.15, -0.1) is 0 Å². The van der Waals surface area contributed by atoms with E-state index in [9.17, 15) is 10.2 Å². The van der Waals surface area contributed by atoms with Crippen molar-refractivity contribution >= 4 is 0 Å². The molecule has 2 aromatic carbocycles. The topological polar surface area (TPSA) is 68.2 Å². The van der Waals surface area contributed by atoms with Gasteiger partial charge in [-0.1, -0.05) is 30.3 Å². The van der Waals surface area contributed by atoms with Crippen molar-refractivity contribution < 1.29 is 24.4 Å². The fourth-order valence-electron chi connectivity index (χ4n) is 2.70. The third-order valence-corrected chi connectivity index (χ3v) is 3.74. The summed E-state index contributed by atoms with van der Waals surface area (Å²) in [5, 5.41) is 21.0. The largest absolute Gasteiger partial charge is 0.507 e. The number of aliphatic hydroxyl groups is 1. The number of hydrogen-bond donors (Lipinski definition) is 2. The summed E-state index contributed by atoms with van der Waals surface area (Å²) in [4.78, 5) is 0. The summed E-state index contributed by atoms with van der Waals surface area (Å²) in [5.41, 5.74) is 1.36. The van der Waals surface area contributed by atoms with Crippen molar-refractivity contribution in [2.45, 2.75) is 12.0 Å². The summed E-state index contributed by atoms with van der Waals surface area (Å²) in [6.45, 7) is 0.133. The molecule has 0 saturated carbocycles. The van der Waals surface area contributed by atoms with Gasteiger partial charge in [-0.05, 0) is 5.56 Å². The second-order valence-corrected chi connectivity index (χ2v) is 5.17. The monoisotopic (exact) mass is 318 g/mol. The molecule has 0 bridgehead atoms. The lowest BCUT2D eigenvalue weighted by molar-refractivity contribution is 0.0534. The molecule has 0 radical (unpaired) electrons. The van der Waals surface area contributed by atoms with Gasteiger partial charge in [0.25, 0.3) is 0 Å². The van der Waals surface area contributed by atoms with Gasteiger partial charge in [0.15, 0.2) is 0 Å². The van der Waals surface area contributed by atoms with Gasteiger partial charge in [0, 0.05) is 30.7 Å². The average Bonchev–Trinajstić information content (AvgIpc) is 2.57. The minimum absolute atomic E-state index is 0.00482. The van der Waals surface area contributed by atoms with Crippen molar-refractivity contribution in [2.75, 3.05) is 27.9 Å². The highest BCUT2D eigenvalue weighted by atomic mass is 16.5. The van der Waals surface area contributed by atoms with E-state index < -0.39 is 12.0 Å². The number of benzene rings is 2. The Morgan fingerprint density at radius 2 is 1.70 bits per heavy atom. The number of ether oxygens (including phenoxy) is 3. The molecule has 0 fully saturated rings. The molecule has 5 heteroatoms. The number of phenolic OH excluding ortho intramolecular Hbond substituents is 1. The van der Waals surface area contributed by atoms with Gasteiger partial charge in [-0.3, -0.25) is 0 Å². The third kappa shape index (κ3) is 3.75. The molecule has 2 atom stereocenters. The lowest BCUT2D eigenvalue weighted by Crippen LogP contribution is -2.25. The van der Waals surface area contributed by atoms with Crippen LogP contribution in [0.2, 0.25) is 0 Å². The molecule has 0 aromatic heterocycles. The van der Waals surface area contributed by atoms with Crippen LogP contribution < -0.4 is 9.47 Å². The van der Waals surface area contributed by atoms with E-state index in [0.717, 1.165) is 5.56 Å². The zero-order valence-electron chi connectivity index (χ0n) is 13.5. The van der Waals surface area contributed by atoms with E-state index in [1.807, 2.05) is 30.3 Å². The standard InChI is InChI=1S/C18H22O5/c1-21-11-15(20)17(12-7-5-4-6-8-12)18-14(19)9-13(22-2)10-16(18)23-3/h4-10,15,17,19-20H,11H2,1-3H3/t15-,17-/m0/s1. The quantitative estimate of drug-likeness (QED) is 0.821. The van der Waals surface area contributed by atoms with Crippen molar-refractivity contribution in [3.8, 4) is 17.2 Å². The molecule has 0 amide bonds. The van der Waals surface area contributed by atoms with Crippen LogP contribution in [0.25, 0.3) is 0 Å². The summed E-state index contributed by atoms with van der Waals surface area (Å²) in [6.07, 6.45) is -0.837. The Morgan fingerprint density at radius 3 is 2.26 bits per heavy atom. The molecule has 5 nitrogen and oxygen atoms in total. The van der Waals surface area contributed by atoms with Crippen molar-refractivity contribution in [1.82, 2.24) is 0 Å². The predicted molar refractivity (Wildman–Crippen MR) is 87.4 cm³/mol. The van der Waals surface area contributed by atoms with Gasteiger partial charge in [-0.25, -0.2) is 0 Å². The van der Waals surface area contributed by atoms with Crippen LogP contribution in [0.5, 0.6) is 17.2 Å². The molecule has 0 heterocycles. The summed E-state index contributed by atoms with van der Waals surface area (Å²) in [6, 6.07) is 12.6. The van der Waals surface area contributed by atoms with Crippen molar-refractivity contribution in [3.05, 3.63) is 53.6 Å². The number of aliphatic hydroxyl groups excluding tert-OH is 1. The minimum Gasteiger partial charge on any atom is -0.507 e. The molecular weight excluding hydrogens is 296 g/mol. The number of phenols is 1. The number of rotatable bonds is 7. The van der Waals surface area contributed by atoms with Crippen LogP contribution in [0.4, 0.5) is 0 Å². The maximum absolute atomic E-state index is 10.6. The Balaban J connectivity index is 2.60. The Morgan fingerprint density at radius 1 is 1.00 bits per heavy atom. The molecule has 0 unspecified atom stereocenters. The molecule has 2 aromatic rings. The van der Waals surface area contributed by atoms with Crippen LogP contribution in [-0.4, -0.2) is 44.3 Å². The first-order valence-corrected chi connectivity index (χ1v) is 7.29. The summed E-state index contributed by atoms with van der Waals surface area (Å²) >= 11 is 0. The Kier molecular flexibility index (Phi) is 5.84. The van der Waals surface area contributed by atoms with Crippen molar-refractivity contribution in [2.24, 2.45) is 0 Å². The lowest BCUT2D eigenvalue weighted by Gasteiger charge is -2.26. The fourth-order valence-corrected chi connectivity index (χ4v) is 2.70. The van der Waals surface area contributed by atoms with E-state index in [-0.39, 0.29) is 12.4 Å². The highest BCUT2D eigenvalue weighted by Gasteiger charge is 2.29. The van der Waals surface area contributed by atoms with Crippen LogP contribution in [0.15, 0.2) is 42.5 Å². The van der Waals surface area contributed by atoms with E-state index >= 15 is 0 Å². The van der Waals surface area contributed by atoms with Gasteiger partial charge in [0.1, 0.15) is 17.2 Å². The molecule has 0 aliphatic carbocycles. The maximum Gasteiger partial charge on any atom is 0.130 e. The molecule has 2 rings (SSSR count). The fraction of sp³-hybridized carbons (Fsp3) is 0.333. The Labute approximate surface area is 136 Å². The molecule has 2 N–H and O–H groups in total. The van der Waals surface area contributed by atoms with Crippen molar-refractivity contribution in [1.29, 1.82) is 0 Å². The van der Waals surface area contributed by atoms with Gasteiger partial charge in [-0.2, -0.15) is 0 Å². The van der Waals surface area contributed by atoms with Crippen LogP contribution in [0, 0.1) is 0 Å². The van der Waals surface area contributed by atoms with E-state index in [1.54, 1.807) is 6.07 Å². The van der Waals surface area contributed by atoms with Crippen LogP contribution in [-0.2, 0) is 4.74 Å². The number of aromatic hydroxyl groups is 1. The second-order valence-electron chi connectivity index (χ2n) is 5.17. The first-order chi connectivity index (χ1) is 11.1. The molecule has 0 aliphatic heterocycles. The Hall–Kier alpha value is -2.24.